The molecule has 0 saturated heterocycles. The first-order chi connectivity index (χ1) is 12.9. The number of halogens is 1. The summed E-state index contributed by atoms with van der Waals surface area (Å²) in [4.78, 5) is 36.6. The molecule has 3 N–H and O–H groups in total. The van der Waals surface area contributed by atoms with Crippen LogP contribution in [-0.4, -0.2) is 24.3 Å². The fourth-order valence-corrected chi connectivity index (χ4v) is 5.58. The summed E-state index contributed by atoms with van der Waals surface area (Å²) in [5, 5.41) is 2.76. The highest BCUT2D eigenvalue weighted by molar-refractivity contribution is 5.96. The Kier molecular flexibility index (Phi) is 4.61. The quantitative estimate of drug-likeness (QED) is 0.705. The van der Waals surface area contributed by atoms with Crippen LogP contribution in [0.15, 0.2) is 24.3 Å². The third-order valence-corrected chi connectivity index (χ3v) is 6.35. The maximum Gasteiger partial charge on any atom is 0.269 e. The minimum Gasteiger partial charge on any atom is -0.346 e. The third kappa shape index (κ3) is 3.68. The van der Waals surface area contributed by atoms with E-state index in [1.807, 2.05) is 0 Å². The molecule has 27 heavy (non-hydrogen) atoms. The molecule has 0 heterocycles. The summed E-state index contributed by atoms with van der Waals surface area (Å²) in [6, 6.07) is 4.99. The van der Waals surface area contributed by atoms with Gasteiger partial charge < -0.3 is 5.32 Å². The molecule has 0 atom stereocenters. The lowest BCUT2D eigenvalue weighted by molar-refractivity contribution is -0.147. The average molecular weight is 373 g/mol. The van der Waals surface area contributed by atoms with E-state index in [-0.39, 0.29) is 23.4 Å². The minimum absolute atomic E-state index is 0.0263. The second-order valence-electron chi connectivity index (χ2n) is 8.39. The molecule has 0 spiro atoms. The smallest absolute Gasteiger partial charge is 0.269 e. The molecule has 4 bridgehead atoms. The van der Waals surface area contributed by atoms with Crippen molar-refractivity contribution < 1.29 is 18.8 Å². The van der Waals surface area contributed by atoms with Crippen LogP contribution < -0.4 is 16.2 Å². The zero-order valence-corrected chi connectivity index (χ0v) is 15.1. The van der Waals surface area contributed by atoms with E-state index in [0.717, 1.165) is 19.3 Å². The van der Waals surface area contributed by atoms with E-state index in [9.17, 15) is 18.8 Å². The van der Waals surface area contributed by atoms with Crippen molar-refractivity contribution in [2.75, 3.05) is 6.54 Å². The molecule has 4 fully saturated rings. The summed E-state index contributed by atoms with van der Waals surface area (Å²) in [6.45, 7) is -0.176. The van der Waals surface area contributed by atoms with E-state index in [2.05, 4.69) is 16.2 Å². The fraction of sp³-hybridized carbons (Fsp3) is 0.550. The molecular weight excluding hydrogens is 349 g/mol. The number of hydrogen-bond donors (Lipinski definition) is 3. The van der Waals surface area contributed by atoms with Crippen LogP contribution >= 0.6 is 0 Å². The van der Waals surface area contributed by atoms with E-state index in [1.165, 1.54) is 43.5 Å². The van der Waals surface area contributed by atoms with E-state index >= 15 is 0 Å². The summed E-state index contributed by atoms with van der Waals surface area (Å²) < 4.78 is 12.9. The lowest BCUT2D eigenvalue weighted by Crippen LogP contribution is -2.55. The van der Waals surface area contributed by atoms with Gasteiger partial charge in [0.1, 0.15) is 5.82 Å². The maximum absolute atomic E-state index is 12.9. The Hall–Kier alpha value is -2.44. The number of amides is 3. The van der Waals surface area contributed by atoms with Crippen LogP contribution in [0.3, 0.4) is 0 Å². The number of carbonyl (C=O) groups excluding carboxylic acids is 3. The summed E-state index contributed by atoms with van der Waals surface area (Å²) in [7, 11) is 0. The number of nitrogens with one attached hydrogen (secondary N) is 3. The van der Waals surface area contributed by atoms with Gasteiger partial charge in [-0.05, 0) is 80.5 Å². The van der Waals surface area contributed by atoms with Crippen molar-refractivity contribution in [2.24, 2.45) is 23.2 Å². The van der Waals surface area contributed by atoms with E-state index in [0.29, 0.717) is 17.8 Å². The number of rotatable bonds is 4. The SMILES string of the molecule is O=C(CNC(=O)C12CC3CC(CC(C3)C1)C2)NNC(=O)c1ccc(F)cc1. The Balaban J connectivity index is 1.25. The van der Waals surface area contributed by atoms with Crippen LogP contribution in [0.4, 0.5) is 4.39 Å². The van der Waals surface area contributed by atoms with Crippen molar-refractivity contribution in [2.45, 2.75) is 38.5 Å². The zero-order valence-electron chi connectivity index (χ0n) is 15.1. The van der Waals surface area contributed by atoms with Crippen LogP contribution in [0.5, 0.6) is 0 Å². The third-order valence-electron chi connectivity index (χ3n) is 6.35. The van der Waals surface area contributed by atoms with Gasteiger partial charge in [0.2, 0.25) is 5.91 Å². The van der Waals surface area contributed by atoms with E-state index in [1.54, 1.807) is 0 Å². The molecule has 1 aromatic carbocycles. The van der Waals surface area contributed by atoms with Crippen LogP contribution in [0.1, 0.15) is 48.9 Å². The molecule has 1 aromatic rings. The topological polar surface area (TPSA) is 87.3 Å². The molecule has 7 heteroatoms. The number of benzene rings is 1. The van der Waals surface area contributed by atoms with Gasteiger partial charge in [0, 0.05) is 11.0 Å². The molecule has 0 aromatic heterocycles. The zero-order chi connectivity index (χ0) is 19.0. The van der Waals surface area contributed by atoms with Gasteiger partial charge in [0.05, 0.1) is 6.54 Å². The van der Waals surface area contributed by atoms with E-state index in [4.69, 9.17) is 0 Å². The molecule has 6 nitrogen and oxygen atoms in total. The van der Waals surface area contributed by atoms with Crippen molar-refractivity contribution in [3.63, 3.8) is 0 Å². The monoisotopic (exact) mass is 373 g/mol. The van der Waals surface area contributed by atoms with Gasteiger partial charge in [0.25, 0.3) is 11.8 Å². The predicted octanol–water partition coefficient (Wildman–Crippen LogP) is 1.92. The molecule has 0 unspecified atom stereocenters. The number of hydrogen-bond acceptors (Lipinski definition) is 3. The molecule has 0 aliphatic heterocycles. The Labute approximate surface area is 157 Å². The standard InChI is InChI=1S/C20H24FN3O3/c21-16-3-1-15(2-4-16)18(26)24-23-17(25)11-22-19(27)20-8-12-5-13(9-20)7-14(6-12)10-20/h1-4,12-14H,5-11H2,(H,22,27)(H,23,25)(H,24,26). The maximum atomic E-state index is 12.9. The lowest BCUT2D eigenvalue weighted by atomic mass is 9.49. The lowest BCUT2D eigenvalue weighted by Gasteiger charge is -2.55. The highest BCUT2D eigenvalue weighted by Gasteiger charge is 2.54. The largest absolute Gasteiger partial charge is 0.346 e. The van der Waals surface area contributed by atoms with Crippen molar-refractivity contribution in [3.8, 4) is 0 Å². The van der Waals surface area contributed by atoms with Gasteiger partial charge >= 0.3 is 0 Å². The van der Waals surface area contributed by atoms with Gasteiger partial charge in [0.15, 0.2) is 0 Å². The van der Waals surface area contributed by atoms with Crippen LogP contribution in [-0.2, 0) is 9.59 Å². The first-order valence-electron chi connectivity index (χ1n) is 9.56. The van der Waals surface area contributed by atoms with Gasteiger partial charge in [-0.2, -0.15) is 0 Å². The summed E-state index contributed by atoms with van der Waals surface area (Å²) >= 11 is 0. The Morgan fingerprint density at radius 3 is 2.04 bits per heavy atom. The second kappa shape index (κ2) is 6.94. The minimum atomic E-state index is -0.546. The summed E-state index contributed by atoms with van der Waals surface area (Å²) in [5.41, 5.74) is 4.47. The van der Waals surface area contributed by atoms with Crippen molar-refractivity contribution in [1.29, 1.82) is 0 Å². The van der Waals surface area contributed by atoms with Crippen LogP contribution in [0, 0.1) is 29.0 Å². The van der Waals surface area contributed by atoms with Crippen molar-refractivity contribution >= 4 is 17.7 Å². The Bertz CT molecular complexity index is 727. The first-order valence-corrected chi connectivity index (χ1v) is 9.56. The summed E-state index contributed by atoms with van der Waals surface area (Å²) in [6.07, 6.45) is 6.57. The van der Waals surface area contributed by atoms with Crippen molar-refractivity contribution in [3.05, 3.63) is 35.6 Å². The van der Waals surface area contributed by atoms with Gasteiger partial charge in [-0.15, -0.1) is 0 Å². The highest BCUT2D eigenvalue weighted by Crippen LogP contribution is 2.60. The van der Waals surface area contributed by atoms with Crippen LogP contribution in [0.25, 0.3) is 0 Å². The molecule has 4 aliphatic rings. The normalized spacial score (nSPS) is 30.6. The Morgan fingerprint density at radius 2 is 1.48 bits per heavy atom. The molecular formula is C20H24FN3O3. The average Bonchev–Trinajstić information content (AvgIpc) is 2.63. The Morgan fingerprint density at radius 1 is 0.926 bits per heavy atom. The molecule has 0 radical (unpaired) electrons. The van der Waals surface area contributed by atoms with Gasteiger partial charge in [-0.3, -0.25) is 25.2 Å². The summed E-state index contributed by atoms with van der Waals surface area (Å²) in [5.74, 6) is 0.464. The molecule has 4 saturated carbocycles. The first kappa shape index (κ1) is 17.9. The van der Waals surface area contributed by atoms with Crippen LogP contribution in [0.2, 0.25) is 0 Å². The second-order valence-corrected chi connectivity index (χ2v) is 8.39. The highest BCUT2D eigenvalue weighted by atomic mass is 19.1. The molecule has 3 amide bonds. The molecule has 5 rings (SSSR count). The van der Waals surface area contributed by atoms with Gasteiger partial charge in [-0.25, -0.2) is 4.39 Å². The number of carbonyl (C=O) groups is 3. The van der Waals surface area contributed by atoms with E-state index < -0.39 is 17.6 Å². The number of hydrazine groups is 1. The van der Waals surface area contributed by atoms with Crippen molar-refractivity contribution in [1.82, 2.24) is 16.2 Å². The van der Waals surface area contributed by atoms with Gasteiger partial charge in [-0.1, -0.05) is 0 Å². The fourth-order valence-electron chi connectivity index (χ4n) is 5.58. The molecule has 144 valence electrons. The predicted molar refractivity (Wildman–Crippen MR) is 95.6 cm³/mol. The molecule has 4 aliphatic carbocycles.